The SMILES string of the molecule is CCCCC(CC)CNC(CCl)c1ccccc1. The van der Waals surface area contributed by atoms with Crippen molar-refractivity contribution >= 4 is 11.6 Å². The highest BCUT2D eigenvalue weighted by molar-refractivity contribution is 6.18. The molecule has 2 unspecified atom stereocenters. The van der Waals surface area contributed by atoms with Crippen molar-refractivity contribution < 1.29 is 0 Å². The number of nitrogens with one attached hydrogen (secondary N) is 1. The standard InChI is InChI=1S/C16H26ClN/c1-3-5-9-14(4-2)13-18-16(12-17)15-10-7-6-8-11-15/h6-8,10-11,14,16,18H,3-5,9,12-13H2,1-2H3. The van der Waals surface area contributed by atoms with Gasteiger partial charge in [-0.3, -0.25) is 0 Å². The molecular formula is C16H26ClN. The summed E-state index contributed by atoms with van der Waals surface area (Å²) < 4.78 is 0. The van der Waals surface area contributed by atoms with Crippen molar-refractivity contribution in [2.24, 2.45) is 5.92 Å². The third-order valence-corrected chi connectivity index (χ3v) is 3.86. The normalized spacial score (nSPS) is 14.4. The van der Waals surface area contributed by atoms with Crippen LogP contribution in [0.2, 0.25) is 0 Å². The van der Waals surface area contributed by atoms with Gasteiger partial charge in [0.05, 0.1) is 0 Å². The molecule has 18 heavy (non-hydrogen) atoms. The first kappa shape index (κ1) is 15.5. The Morgan fingerprint density at radius 2 is 1.89 bits per heavy atom. The molecule has 1 nitrogen and oxygen atoms in total. The summed E-state index contributed by atoms with van der Waals surface area (Å²) in [5.74, 6) is 1.41. The highest BCUT2D eigenvalue weighted by Gasteiger charge is 2.12. The van der Waals surface area contributed by atoms with E-state index in [0.29, 0.717) is 5.88 Å². The van der Waals surface area contributed by atoms with E-state index in [0.717, 1.165) is 12.5 Å². The van der Waals surface area contributed by atoms with E-state index in [-0.39, 0.29) is 6.04 Å². The zero-order valence-corrected chi connectivity index (χ0v) is 12.4. The van der Waals surface area contributed by atoms with Gasteiger partial charge in [0.25, 0.3) is 0 Å². The minimum Gasteiger partial charge on any atom is -0.309 e. The van der Waals surface area contributed by atoms with Gasteiger partial charge in [-0.25, -0.2) is 0 Å². The van der Waals surface area contributed by atoms with E-state index in [9.17, 15) is 0 Å². The van der Waals surface area contributed by atoms with E-state index in [1.54, 1.807) is 0 Å². The van der Waals surface area contributed by atoms with E-state index < -0.39 is 0 Å². The van der Waals surface area contributed by atoms with Crippen LogP contribution in [0.4, 0.5) is 0 Å². The fourth-order valence-corrected chi connectivity index (χ4v) is 2.49. The Hall–Kier alpha value is -0.530. The molecule has 1 aromatic rings. The lowest BCUT2D eigenvalue weighted by Crippen LogP contribution is -2.28. The van der Waals surface area contributed by atoms with E-state index in [1.807, 2.05) is 6.07 Å². The fraction of sp³-hybridized carbons (Fsp3) is 0.625. The molecule has 0 saturated heterocycles. The van der Waals surface area contributed by atoms with Crippen molar-refractivity contribution in [3.05, 3.63) is 35.9 Å². The molecule has 0 aliphatic heterocycles. The molecule has 2 atom stereocenters. The second-order valence-corrected chi connectivity index (χ2v) is 5.25. The fourth-order valence-electron chi connectivity index (χ4n) is 2.20. The van der Waals surface area contributed by atoms with Gasteiger partial charge in [0.2, 0.25) is 0 Å². The summed E-state index contributed by atoms with van der Waals surface area (Å²) >= 11 is 6.07. The van der Waals surface area contributed by atoms with Gasteiger partial charge in [0.15, 0.2) is 0 Å². The van der Waals surface area contributed by atoms with Crippen LogP contribution in [0.15, 0.2) is 30.3 Å². The molecule has 2 heteroatoms. The number of hydrogen-bond donors (Lipinski definition) is 1. The maximum Gasteiger partial charge on any atom is 0.0457 e. The summed E-state index contributed by atoms with van der Waals surface area (Å²) in [5, 5.41) is 3.61. The van der Waals surface area contributed by atoms with E-state index in [4.69, 9.17) is 11.6 Å². The Morgan fingerprint density at radius 1 is 1.17 bits per heavy atom. The number of benzene rings is 1. The van der Waals surface area contributed by atoms with E-state index in [1.165, 1.54) is 31.2 Å². The van der Waals surface area contributed by atoms with Crippen molar-refractivity contribution in [3.8, 4) is 0 Å². The van der Waals surface area contributed by atoms with Gasteiger partial charge in [0.1, 0.15) is 0 Å². The molecule has 0 fully saturated rings. The molecule has 1 N–H and O–H groups in total. The van der Waals surface area contributed by atoms with E-state index in [2.05, 4.69) is 43.4 Å². The lowest BCUT2D eigenvalue weighted by molar-refractivity contribution is 0.400. The minimum atomic E-state index is 0.281. The first-order chi connectivity index (χ1) is 8.81. The van der Waals surface area contributed by atoms with Gasteiger partial charge in [-0.2, -0.15) is 0 Å². The molecule has 0 aliphatic carbocycles. The first-order valence-corrected chi connectivity index (χ1v) is 7.69. The van der Waals surface area contributed by atoms with E-state index >= 15 is 0 Å². The lowest BCUT2D eigenvalue weighted by atomic mass is 9.98. The zero-order chi connectivity index (χ0) is 13.2. The van der Waals surface area contributed by atoms with Crippen LogP contribution in [0.5, 0.6) is 0 Å². The predicted octanol–water partition coefficient (Wildman–Crippen LogP) is 4.77. The van der Waals surface area contributed by atoms with Crippen LogP contribution in [-0.2, 0) is 0 Å². The molecule has 0 saturated carbocycles. The van der Waals surface area contributed by atoms with Gasteiger partial charge in [-0.1, -0.05) is 63.4 Å². The summed E-state index contributed by atoms with van der Waals surface area (Å²) in [6, 6.07) is 10.8. The molecule has 1 aromatic carbocycles. The molecular weight excluding hydrogens is 242 g/mol. The molecule has 0 bridgehead atoms. The van der Waals surface area contributed by atoms with Crippen molar-refractivity contribution in [1.82, 2.24) is 5.32 Å². The third-order valence-electron chi connectivity index (χ3n) is 3.55. The Kier molecular flexibility index (Phi) is 8.11. The summed E-state index contributed by atoms with van der Waals surface area (Å²) in [7, 11) is 0. The topological polar surface area (TPSA) is 12.0 Å². The van der Waals surface area contributed by atoms with Gasteiger partial charge < -0.3 is 5.32 Å². The van der Waals surface area contributed by atoms with Crippen LogP contribution < -0.4 is 5.32 Å². The largest absolute Gasteiger partial charge is 0.309 e. The van der Waals surface area contributed by atoms with Crippen LogP contribution in [0, 0.1) is 5.92 Å². The molecule has 0 aliphatic rings. The maximum atomic E-state index is 6.07. The minimum absolute atomic E-state index is 0.281. The number of halogens is 1. The van der Waals surface area contributed by atoms with Gasteiger partial charge >= 0.3 is 0 Å². The highest BCUT2D eigenvalue weighted by atomic mass is 35.5. The molecule has 0 spiro atoms. The quantitative estimate of drug-likeness (QED) is 0.636. The average Bonchev–Trinajstić information content (AvgIpc) is 2.44. The molecule has 0 aromatic heterocycles. The van der Waals surface area contributed by atoms with Crippen molar-refractivity contribution in [2.45, 2.75) is 45.6 Å². The Morgan fingerprint density at radius 3 is 2.44 bits per heavy atom. The highest BCUT2D eigenvalue weighted by Crippen LogP contribution is 2.17. The Labute approximate surface area is 117 Å². The maximum absolute atomic E-state index is 6.07. The lowest BCUT2D eigenvalue weighted by Gasteiger charge is -2.21. The summed E-state index contributed by atoms with van der Waals surface area (Å²) in [4.78, 5) is 0. The Bertz CT molecular complexity index is 299. The van der Waals surface area contributed by atoms with Crippen LogP contribution in [0.3, 0.4) is 0 Å². The predicted molar refractivity (Wildman–Crippen MR) is 81.2 cm³/mol. The second-order valence-electron chi connectivity index (χ2n) is 4.94. The van der Waals surface area contributed by atoms with Crippen LogP contribution in [0.1, 0.15) is 51.1 Å². The number of rotatable bonds is 9. The second kappa shape index (κ2) is 9.41. The summed E-state index contributed by atoms with van der Waals surface area (Å²) in [5.41, 5.74) is 1.29. The zero-order valence-electron chi connectivity index (χ0n) is 11.7. The Balaban J connectivity index is 2.43. The van der Waals surface area contributed by atoms with Crippen molar-refractivity contribution in [3.63, 3.8) is 0 Å². The molecule has 102 valence electrons. The molecule has 1 rings (SSSR count). The average molecular weight is 268 g/mol. The first-order valence-electron chi connectivity index (χ1n) is 7.16. The molecule has 0 radical (unpaired) electrons. The van der Waals surface area contributed by atoms with Crippen LogP contribution in [-0.4, -0.2) is 12.4 Å². The van der Waals surface area contributed by atoms with Gasteiger partial charge in [0, 0.05) is 11.9 Å². The number of hydrogen-bond acceptors (Lipinski definition) is 1. The number of alkyl halides is 1. The van der Waals surface area contributed by atoms with Crippen LogP contribution >= 0.6 is 11.6 Å². The van der Waals surface area contributed by atoms with Gasteiger partial charge in [-0.05, 0) is 24.4 Å². The summed E-state index contributed by atoms with van der Waals surface area (Å²) in [6.45, 7) is 5.61. The molecule has 0 amide bonds. The smallest absolute Gasteiger partial charge is 0.0457 e. The third kappa shape index (κ3) is 5.41. The number of unbranched alkanes of at least 4 members (excludes halogenated alkanes) is 1. The van der Waals surface area contributed by atoms with Gasteiger partial charge in [-0.15, -0.1) is 11.6 Å². The van der Waals surface area contributed by atoms with Crippen molar-refractivity contribution in [2.75, 3.05) is 12.4 Å². The monoisotopic (exact) mass is 267 g/mol. The summed E-state index contributed by atoms with van der Waals surface area (Å²) in [6.07, 6.45) is 5.19. The van der Waals surface area contributed by atoms with Crippen LogP contribution in [0.25, 0.3) is 0 Å². The van der Waals surface area contributed by atoms with Crippen molar-refractivity contribution in [1.29, 1.82) is 0 Å². The molecule has 0 heterocycles.